The molecule has 0 spiro atoms. The first-order chi connectivity index (χ1) is 9.50. The molecule has 0 heterocycles. The van der Waals surface area contributed by atoms with Crippen LogP contribution in [0.4, 0.5) is 26.3 Å². The van der Waals surface area contributed by atoms with Crippen molar-refractivity contribution in [1.82, 2.24) is 0 Å². The summed E-state index contributed by atoms with van der Waals surface area (Å²) in [7, 11) is 0. The molecule has 0 aliphatic rings. The highest BCUT2D eigenvalue weighted by atomic mass is 35.5. The number of carbonyl (C=O) groups is 1. The van der Waals surface area contributed by atoms with Crippen LogP contribution >= 0.6 is 11.6 Å². The largest absolute Gasteiger partial charge is 0.573 e. The lowest BCUT2D eigenvalue weighted by atomic mass is 10.1. The van der Waals surface area contributed by atoms with Gasteiger partial charge in [0, 0.05) is 12.0 Å². The van der Waals surface area contributed by atoms with E-state index >= 15 is 0 Å². The van der Waals surface area contributed by atoms with Crippen molar-refractivity contribution in [3.05, 3.63) is 23.8 Å². The Morgan fingerprint density at radius 1 is 1.05 bits per heavy atom. The smallest absolute Gasteiger partial charge is 0.406 e. The normalized spacial score (nSPS) is 12.1. The lowest BCUT2D eigenvalue weighted by Gasteiger charge is -2.15. The molecule has 0 radical (unpaired) electrons. The van der Waals surface area contributed by atoms with E-state index in [0.29, 0.717) is 18.2 Å². The highest BCUT2D eigenvalue weighted by Crippen LogP contribution is 2.32. The second kappa shape index (κ2) is 6.42. The van der Waals surface area contributed by atoms with Crippen molar-refractivity contribution in [2.45, 2.75) is 19.1 Å². The zero-order valence-electron chi connectivity index (χ0n) is 10.0. The van der Waals surface area contributed by atoms with Crippen LogP contribution in [0.3, 0.4) is 0 Å². The van der Waals surface area contributed by atoms with Gasteiger partial charge in [-0.25, -0.2) is 0 Å². The zero-order chi connectivity index (χ0) is 16.3. The number of hydrogen-bond acceptors (Lipinski definition) is 3. The Bertz CT molecular complexity index is 512. The van der Waals surface area contributed by atoms with Gasteiger partial charge in [0.1, 0.15) is 11.5 Å². The van der Waals surface area contributed by atoms with Crippen LogP contribution in [0.1, 0.15) is 5.56 Å². The van der Waals surface area contributed by atoms with Gasteiger partial charge < -0.3 is 9.47 Å². The third kappa shape index (κ3) is 6.56. The lowest BCUT2D eigenvalue weighted by molar-refractivity contribution is -0.277. The van der Waals surface area contributed by atoms with Crippen LogP contribution in [-0.4, -0.2) is 24.4 Å². The quantitative estimate of drug-likeness (QED) is 0.605. The maximum Gasteiger partial charge on any atom is 0.573 e. The Morgan fingerprint density at radius 3 is 2.10 bits per heavy atom. The predicted octanol–water partition coefficient (Wildman–Crippen LogP) is 3.83. The molecule has 0 unspecified atom stereocenters. The van der Waals surface area contributed by atoms with Gasteiger partial charge in [-0.05, 0) is 18.2 Å². The molecule has 0 N–H and O–H groups in total. The Labute approximate surface area is 119 Å². The van der Waals surface area contributed by atoms with Gasteiger partial charge in [0.15, 0.2) is 5.78 Å². The summed E-state index contributed by atoms with van der Waals surface area (Å²) in [6, 6.07) is 1.91. The van der Waals surface area contributed by atoms with Crippen molar-refractivity contribution in [2.75, 3.05) is 5.88 Å². The SMILES string of the molecule is O=C(CCl)Cc1cc(OC(F)(F)F)ccc1OC(F)(F)F. The van der Waals surface area contributed by atoms with Crippen LogP contribution in [0.25, 0.3) is 0 Å². The molecule has 0 atom stereocenters. The van der Waals surface area contributed by atoms with Crippen molar-refractivity contribution < 1.29 is 40.6 Å². The van der Waals surface area contributed by atoms with Gasteiger partial charge in [0.2, 0.25) is 0 Å². The molecular formula is C11H7ClF6O3. The minimum atomic E-state index is -5.05. The lowest BCUT2D eigenvalue weighted by Crippen LogP contribution is -2.20. The van der Waals surface area contributed by atoms with Gasteiger partial charge in [-0.1, -0.05) is 0 Å². The van der Waals surface area contributed by atoms with Gasteiger partial charge >= 0.3 is 12.7 Å². The maximum absolute atomic E-state index is 12.2. The minimum absolute atomic E-state index is 0.417. The second-order valence-electron chi connectivity index (χ2n) is 3.71. The highest BCUT2D eigenvalue weighted by Gasteiger charge is 2.34. The minimum Gasteiger partial charge on any atom is -0.406 e. The van der Waals surface area contributed by atoms with Crippen LogP contribution < -0.4 is 9.47 Å². The summed E-state index contributed by atoms with van der Waals surface area (Å²) in [4.78, 5) is 11.2. The van der Waals surface area contributed by atoms with E-state index in [0.717, 1.165) is 0 Å². The van der Waals surface area contributed by atoms with Crippen molar-refractivity contribution in [2.24, 2.45) is 0 Å². The molecule has 3 nitrogen and oxygen atoms in total. The summed E-state index contributed by atoms with van der Waals surface area (Å²) < 4.78 is 79.9. The van der Waals surface area contributed by atoms with Crippen LogP contribution in [0.2, 0.25) is 0 Å². The molecule has 0 saturated carbocycles. The number of hydrogen-bond donors (Lipinski definition) is 0. The molecular weight excluding hydrogens is 330 g/mol. The van der Waals surface area contributed by atoms with Crippen molar-refractivity contribution >= 4 is 17.4 Å². The van der Waals surface area contributed by atoms with Crippen LogP contribution in [0.15, 0.2) is 18.2 Å². The molecule has 1 aromatic rings. The van der Waals surface area contributed by atoms with E-state index in [1.54, 1.807) is 0 Å². The Morgan fingerprint density at radius 2 is 1.62 bits per heavy atom. The fourth-order valence-corrected chi connectivity index (χ4v) is 1.47. The third-order valence-electron chi connectivity index (χ3n) is 2.03. The van der Waals surface area contributed by atoms with Crippen LogP contribution in [-0.2, 0) is 11.2 Å². The van der Waals surface area contributed by atoms with Crippen molar-refractivity contribution in [3.63, 3.8) is 0 Å². The number of ketones is 1. The first-order valence-corrected chi connectivity index (χ1v) is 5.75. The summed E-state index contributed by atoms with van der Waals surface area (Å²) in [6.07, 6.45) is -10.7. The molecule has 0 amide bonds. The molecule has 0 bridgehead atoms. The number of Topliss-reactive ketones (excluding diaryl/α,β-unsaturated/α-hetero) is 1. The van der Waals surface area contributed by atoms with Gasteiger partial charge in [0.05, 0.1) is 5.88 Å². The molecule has 0 aliphatic heterocycles. The summed E-state index contributed by atoms with van der Waals surface area (Å²) in [5.41, 5.74) is -0.417. The molecule has 0 saturated heterocycles. The van der Waals surface area contributed by atoms with E-state index in [1.165, 1.54) is 0 Å². The fourth-order valence-electron chi connectivity index (χ4n) is 1.37. The third-order valence-corrected chi connectivity index (χ3v) is 2.33. The predicted molar refractivity (Wildman–Crippen MR) is 59.2 cm³/mol. The first-order valence-electron chi connectivity index (χ1n) is 5.22. The van der Waals surface area contributed by atoms with E-state index in [2.05, 4.69) is 9.47 Å². The van der Waals surface area contributed by atoms with Crippen molar-refractivity contribution in [3.8, 4) is 11.5 Å². The van der Waals surface area contributed by atoms with Gasteiger partial charge in [-0.3, -0.25) is 4.79 Å². The van der Waals surface area contributed by atoms with E-state index in [4.69, 9.17) is 11.6 Å². The molecule has 21 heavy (non-hydrogen) atoms. The summed E-state index contributed by atoms with van der Waals surface area (Å²) in [5.74, 6) is -2.76. The summed E-state index contributed by atoms with van der Waals surface area (Å²) in [5, 5.41) is 0. The average molecular weight is 337 g/mol. The number of ether oxygens (including phenoxy) is 2. The molecule has 10 heteroatoms. The number of halogens is 7. The molecule has 118 valence electrons. The molecule has 1 aromatic carbocycles. The summed E-state index contributed by atoms with van der Waals surface area (Å²) >= 11 is 5.21. The van der Waals surface area contributed by atoms with Crippen molar-refractivity contribution in [1.29, 1.82) is 0 Å². The topological polar surface area (TPSA) is 35.5 Å². The molecule has 0 fully saturated rings. The Balaban J connectivity index is 3.10. The van der Waals surface area contributed by atoms with Gasteiger partial charge in [-0.2, -0.15) is 0 Å². The molecule has 0 aromatic heterocycles. The molecule has 1 rings (SSSR count). The zero-order valence-corrected chi connectivity index (χ0v) is 10.8. The molecule has 0 aliphatic carbocycles. The van der Waals surface area contributed by atoms with Crippen LogP contribution in [0, 0.1) is 0 Å². The van der Waals surface area contributed by atoms with E-state index in [-0.39, 0.29) is 0 Å². The second-order valence-corrected chi connectivity index (χ2v) is 3.98. The Kier molecular flexibility index (Phi) is 5.32. The summed E-state index contributed by atoms with van der Waals surface area (Å²) in [6.45, 7) is 0. The van der Waals surface area contributed by atoms with E-state index in [1.807, 2.05) is 0 Å². The average Bonchev–Trinajstić information content (AvgIpc) is 2.28. The standard InChI is InChI=1S/C11H7ClF6O3/c12-5-7(19)3-6-4-8(20-10(13,14)15)1-2-9(6)21-11(16,17)18/h1-2,4H,3,5H2. The fraction of sp³-hybridized carbons (Fsp3) is 0.364. The first kappa shape index (κ1) is 17.4. The van der Waals surface area contributed by atoms with E-state index < -0.39 is 47.9 Å². The van der Waals surface area contributed by atoms with Gasteiger partial charge in [-0.15, -0.1) is 37.9 Å². The number of benzene rings is 1. The monoisotopic (exact) mass is 336 g/mol. The van der Waals surface area contributed by atoms with E-state index in [9.17, 15) is 31.1 Å². The number of alkyl halides is 7. The van der Waals surface area contributed by atoms with Gasteiger partial charge in [0.25, 0.3) is 0 Å². The maximum atomic E-state index is 12.2. The Hall–Kier alpha value is -1.64. The number of rotatable bonds is 5. The number of carbonyl (C=O) groups excluding carboxylic acids is 1. The van der Waals surface area contributed by atoms with Crippen LogP contribution in [0.5, 0.6) is 11.5 Å². The highest BCUT2D eigenvalue weighted by molar-refractivity contribution is 6.27.